The SMILES string of the molecule is CN1C(=O)/C(=C\c2ccccc2OCc2ccc(Br)cc2)SC1=Nc1ccccc1. The van der Waals surface area contributed by atoms with Crippen LogP contribution in [0, 0.1) is 0 Å². The van der Waals surface area contributed by atoms with Gasteiger partial charge in [0, 0.05) is 17.1 Å². The number of carbonyl (C=O) groups is 1. The van der Waals surface area contributed by atoms with E-state index in [-0.39, 0.29) is 5.91 Å². The van der Waals surface area contributed by atoms with Crippen LogP contribution in [0.1, 0.15) is 11.1 Å². The van der Waals surface area contributed by atoms with Crippen molar-refractivity contribution in [3.63, 3.8) is 0 Å². The third kappa shape index (κ3) is 4.83. The van der Waals surface area contributed by atoms with Crippen molar-refractivity contribution in [1.82, 2.24) is 4.90 Å². The van der Waals surface area contributed by atoms with Crippen molar-refractivity contribution in [3.05, 3.63) is 99.4 Å². The maximum atomic E-state index is 12.7. The van der Waals surface area contributed by atoms with Gasteiger partial charge >= 0.3 is 0 Å². The lowest BCUT2D eigenvalue weighted by Crippen LogP contribution is -2.23. The number of aliphatic imine (C=N–C) groups is 1. The van der Waals surface area contributed by atoms with Crippen LogP contribution in [0.25, 0.3) is 6.08 Å². The topological polar surface area (TPSA) is 41.9 Å². The van der Waals surface area contributed by atoms with Gasteiger partial charge in [-0.05, 0) is 53.7 Å². The fourth-order valence-corrected chi connectivity index (χ4v) is 4.12. The number of carbonyl (C=O) groups excluding carboxylic acids is 1. The predicted octanol–water partition coefficient (Wildman–Crippen LogP) is 6.26. The average molecular weight is 479 g/mol. The van der Waals surface area contributed by atoms with Crippen LogP contribution in [-0.4, -0.2) is 23.0 Å². The van der Waals surface area contributed by atoms with E-state index < -0.39 is 0 Å². The smallest absolute Gasteiger partial charge is 0.266 e. The Labute approximate surface area is 188 Å². The number of thioether (sulfide) groups is 1. The number of likely N-dealkylation sites (N-methyl/N-ethyl adjacent to an activating group) is 1. The number of amides is 1. The van der Waals surface area contributed by atoms with Crippen molar-refractivity contribution >= 4 is 50.5 Å². The van der Waals surface area contributed by atoms with Gasteiger partial charge in [-0.25, -0.2) is 4.99 Å². The molecule has 0 N–H and O–H groups in total. The van der Waals surface area contributed by atoms with Gasteiger partial charge in [-0.1, -0.05) is 64.5 Å². The molecule has 0 atom stereocenters. The Morgan fingerprint density at radius 1 is 1.00 bits per heavy atom. The molecule has 0 spiro atoms. The predicted molar refractivity (Wildman–Crippen MR) is 127 cm³/mol. The van der Waals surface area contributed by atoms with Crippen LogP contribution in [0.4, 0.5) is 5.69 Å². The molecule has 3 aromatic rings. The number of rotatable bonds is 5. The molecule has 0 unspecified atom stereocenters. The minimum absolute atomic E-state index is 0.0719. The zero-order valence-electron chi connectivity index (χ0n) is 16.3. The van der Waals surface area contributed by atoms with E-state index in [1.807, 2.05) is 84.9 Å². The Kier molecular flexibility index (Phi) is 6.35. The van der Waals surface area contributed by atoms with Gasteiger partial charge in [-0.15, -0.1) is 0 Å². The Morgan fingerprint density at radius 3 is 2.47 bits per heavy atom. The number of nitrogens with zero attached hydrogens (tertiary/aromatic N) is 2. The third-order valence-electron chi connectivity index (χ3n) is 4.50. The van der Waals surface area contributed by atoms with E-state index in [2.05, 4.69) is 20.9 Å². The molecule has 6 heteroatoms. The monoisotopic (exact) mass is 478 g/mol. The standard InChI is InChI=1S/C24H19BrN2O2S/c1-27-23(28)22(30-24(27)26-20-8-3-2-4-9-20)15-18-7-5-6-10-21(18)29-16-17-11-13-19(25)14-12-17/h2-15H,16H2,1H3/b22-15+,26-24?. The van der Waals surface area contributed by atoms with Crippen LogP contribution >= 0.6 is 27.7 Å². The lowest BCUT2D eigenvalue weighted by atomic mass is 10.2. The van der Waals surface area contributed by atoms with Crippen LogP contribution in [0.15, 0.2) is 93.2 Å². The molecule has 1 aliphatic heterocycles. The molecule has 0 saturated carbocycles. The maximum Gasteiger partial charge on any atom is 0.266 e. The van der Waals surface area contributed by atoms with Crippen molar-refractivity contribution < 1.29 is 9.53 Å². The first-order valence-corrected chi connectivity index (χ1v) is 11.0. The van der Waals surface area contributed by atoms with Crippen molar-refractivity contribution in [1.29, 1.82) is 0 Å². The molecule has 1 heterocycles. The van der Waals surface area contributed by atoms with Gasteiger partial charge in [0.05, 0.1) is 10.6 Å². The summed E-state index contributed by atoms with van der Waals surface area (Å²) in [5, 5.41) is 0.658. The second-order valence-electron chi connectivity index (χ2n) is 6.66. The summed E-state index contributed by atoms with van der Waals surface area (Å²) in [6.07, 6.45) is 1.87. The molecule has 150 valence electrons. The summed E-state index contributed by atoms with van der Waals surface area (Å²) in [4.78, 5) is 19.5. The van der Waals surface area contributed by atoms with Gasteiger partial charge in [0.15, 0.2) is 5.17 Å². The Bertz CT molecular complexity index is 1110. The highest BCUT2D eigenvalue weighted by Crippen LogP contribution is 2.34. The van der Waals surface area contributed by atoms with Crippen molar-refractivity contribution in [3.8, 4) is 5.75 Å². The molecule has 4 nitrogen and oxygen atoms in total. The number of para-hydroxylation sites is 2. The summed E-state index contributed by atoms with van der Waals surface area (Å²) < 4.78 is 7.07. The third-order valence-corrected chi connectivity index (χ3v) is 6.09. The summed E-state index contributed by atoms with van der Waals surface area (Å²) in [5.74, 6) is 0.662. The first-order chi connectivity index (χ1) is 14.6. The molecule has 1 saturated heterocycles. The Balaban J connectivity index is 1.55. The minimum Gasteiger partial charge on any atom is -0.488 e. The highest BCUT2D eigenvalue weighted by Gasteiger charge is 2.30. The first-order valence-electron chi connectivity index (χ1n) is 9.38. The molecule has 1 aliphatic rings. The molecule has 0 bridgehead atoms. The van der Waals surface area contributed by atoms with Crippen molar-refractivity contribution in [2.75, 3.05) is 7.05 Å². The number of amidine groups is 1. The molecule has 4 rings (SSSR count). The molecule has 3 aromatic carbocycles. The largest absolute Gasteiger partial charge is 0.488 e. The second kappa shape index (κ2) is 9.32. The fraction of sp³-hybridized carbons (Fsp3) is 0.0833. The summed E-state index contributed by atoms with van der Waals surface area (Å²) in [7, 11) is 1.74. The number of hydrogen-bond acceptors (Lipinski definition) is 4. The summed E-state index contributed by atoms with van der Waals surface area (Å²) in [5.41, 5.74) is 2.75. The lowest BCUT2D eigenvalue weighted by Gasteiger charge is -2.10. The van der Waals surface area contributed by atoms with Gasteiger partial charge in [0.2, 0.25) is 0 Å². The summed E-state index contributed by atoms with van der Waals surface area (Å²) >= 11 is 4.81. The number of benzene rings is 3. The summed E-state index contributed by atoms with van der Waals surface area (Å²) in [6, 6.07) is 25.4. The van der Waals surface area contributed by atoms with Crippen LogP contribution in [0.2, 0.25) is 0 Å². The maximum absolute atomic E-state index is 12.7. The molecule has 0 radical (unpaired) electrons. The normalized spacial score (nSPS) is 16.5. The fourth-order valence-electron chi connectivity index (χ4n) is 2.88. The van der Waals surface area contributed by atoms with Gasteiger partial charge in [0.1, 0.15) is 12.4 Å². The number of halogens is 1. The Morgan fingerprint density at radius 2 is 1.70 bits per heavy atom. The average Bonchev–Trinajstić information content (AvgIpc) is 3.03. The van der Waals surface area contributed by atoms with E-state index in [4.69, 9.17) is 4.74 Å². The van der Waals surface area contributed by atoms with Crippen molar-refractivity contribution in [2.45, 2.75) is 6.61 Å². The zero-order valence-corrected chi connectivity index (χ0v) is 18.7. The van der Waals surface area contributed by atoms with E-state index in [0.717, 1.165) is 27.0 Å². The molecular weight excluding hydrogens is 460 g/mol. The van der Waals surface area contributed by atoms with Gasteiger partial charge in [-0.2, -0.15) is 0 Å². The van der Waals surface area contributed by atoms with Gasteiger partial charge in [0.25, 0.3) is 5.91 Å². The number of ether oxygens (including phenoxy) is 1. The van der Waals surface area contributed by atoms with Gasteiger partial charge in [-0.3, -0.25) is 9.69 Å². The van der Waals surface area contributed by atoms with Crippen LogP contribution in [-0.2, 0) is 11.4 Å². The van der Waals surface area contributed by atoms with E-state index in [1.165, 1.54) is 11.8 Å². The highest BCUT2D eigenvalue weighted by atomic mass is 79.9. The van der Waals surface area contributed by atoms with Crippen LogP contribution < -0.4 is 4.74 Å². The summed E-state index contributed by atoms with van der Waals surface area (Å²) in [6.45, 7) is 0.454. The van der Waals surface area contributed by atoms with E-state index in [0.29, 0.717) is 16.7 Å². The quantitative estimate of drug-likeness (QED) is 0.406. The number of hydrogen-bond donors (Lipinski definition) is 0. The van der Waals surface area contributed by atoms with E-state index in [1.54, 1.807) is 11.9 Å². The molecule has 30 heavy (non-hydrogen) atoms. The van der Waals surface area contributed by atoms with Gasteiger partial charge < -0.3 is 4.74 Å². The molecule has 1 amide bonds. The Hall–Kier alpha value is -2.83. The molecular formula is C24H19BrN2O2S. The lowest BCUT2D eigenvalue weighted by molar-refractivity contribution is -0.121. The van der Waals surface area contributed by atoms with E-state index in [9.17, 15) is 4.79 Å². The second-order valence-corrected chi connectivity index (χ2v) is 8.58. The highest BCUT2D eigenvalue weighted by molar-refractivity contribution is 9.10. The molecule has 1 fully saturated rings. The molecule has 0 aliphatic carbocycles. The van der Waals surface area contributed by atoms with E-state index >= 15 is 0 Å². The molecule has 0 aromatic heterocycles. The zero-order chi connectivity index (χ0) is 20.9. The first kappa shape index (κ1) is 20.4. The van der Waals surface area contributed by atoms with Crippen LogP contribution in [0.3, 0.4) is 0 Å². The van der Waals surface area contributed by atoms with Crippen LogP contribution in [0.5, 0.6) is 5.75 Å². The van der Waals surface area contributed by atoms with Crippen molar-refractivity contribution in [2.24, 2.45) is 4.99 Å². The minimum atomic E-state index is -0.0719.